The standard InChI is InChI=1S/C22H25ClN2O3/c1-21(2,3)28-20(26)25-12-9-22(10-13-25)17-7-5-4-6-16(17)19(27-22)18-14-15(23)8-11-24-18/h4-8,11,14,19H,9-10,12-13H2,1-3H3. The van der Waals surface area contributed by atoms with E-state index in [9.17, 15) is 4.79 Å². The molecule has 1 aromatic heterocycles. The first kappa shape index (κ1) is 19.2. The molecular formula is C22H25ClN2O3. The third-order valence-corrected chi connectivity index (χ3v) is 5.55. The van der Waals surface area contributed by atoms with Crippen molar-refractivity contribution in [2.24, 2.45) is 0 Å². The highest BCUT2D eigenvalue weighted by molar-refractivity contribution is 6.30. The molecule has 5 nitrogen and oxygen atoms in total. The van der Waals surface area contributed by atoms with Gasteiger partial charge in [-0.05, 0) is 56.9 Å². The van der Waals surface area contributed by atoms with Gasteiger partial charge in [-0.3, -0.25) is 4.98 Å². The molecule has 4 rings (SSSR count). The maximum absolute atomic E-state index is 12.4. The van der Waals surface area contributed by atoms with E-state index in [1.807, 2.05) is 39.0 Å². The maximum atomic E-state index is 12.4. The molecule has 1 amide bonds. The molecule has 6 heteroatoms. The van der Waals surface area contributed by atoms with Crippen molar-refractivity contribution in [1.29, 1.82) is 0 Å². The molecule has 0 aliphatic carbocycles. The molecule has 148 valence electrons. The van der Waals surface area contributed by atoms with Crippen molar-refractivity contribution in [3.05, 3.63) is 64.4 Å². The van der Waals surface area contributed by atoms with Crippen LogP contribution < -0.4 is 0 Å². The second-order valence-electron chi connectivity index (χ2n) is 8.45. The number of benzene rings is 1. The number of nitrogens with zero attached hydrogens (tertiary/aromatic N) is 2. The number of hydrogen-bond acceptors (Lipinski definition) is 4. The van der Waals surface area contributed by atoms with Gasteiger partial charge in [-0.1, -0.05) is 35.9 Å². The minimum atomic E-state index is -0.494. The van der Waals surface area contributed by atoms with Gasteiger partial charge in [0.05, 0.1) is 11.3 Å². The Morgan fingerprint density at radius 2 is 1.96 bits per heavy atom. The van der Waals surface area contributed by atoms with Crippen LogP contribution in [0, 0.1) is 0 Å². The van der Waals surface area contributed by atoms with Crippen molar-refractivity contribution >= 4 is 17.7 Å². The third-order valence-electron chi connectivity index (χ3n) is 5.31. The molecule has 1 atom stereocenters. The van der Waals surface area contributed by atoms with E-state index in [1.54, 1.807) is 17.2 Å². The summed E-state index contributed by atoms with van der Waals surface area (Å²) >= 11 is 6.18. The first-order valence-corrected chi connectivity index (χ1v) is 10.0. The molecule has 28 heavy (non-hydrogen) atoms. The van der Waals surface area contributed by atoms with Gasteiger partial charge >= 0.3 is 6.09 Å². The Bertz CT molecular complexity index is 885. The fourth-order valence-electron chi connectivity index (χ4n) is 4.04. The molecule has 0 N–H and O–H groups in total. The number of pyridine rings is 1. The van der Waals surface area contributed by atoms with Crippen LogP contribution in [0.2, 0.25) is 5.02 Å². The Morgan fingerprint density at radius 1 is 1.25 bits per heavy atom. The predicted molar refractivity (Wildman–Crippen MR) is 107 cm³/mol. The number of carbonyl (C=O) groups excluding carboxylic acids is 1. The van der Waals surface area contributed by atoms with Crippen LogP contribution in [-0.4, -0.2) is 34.7 Å². The molecule has 0 radical (unpaired) electrons. The van der Waals surface area contributed by atoms with E-state index in [0.29, 0.717) is 18.1 Å². The first-order chi connectivity index (χ1) is 13.3. The predicted octanol–water partition coefficient (Wildman–Crippen LogP) is 5.08. The Morgan fingerprint density at radius 3 is 2.64 bits per heavy atom. The van der Waals surface area contributed by atoms with Gasteiger partial charge in [-0.15, -0.1) is 0 Å². The van der Waals surface area contributed by atoms with Crippen LogP contribution in [-0.2, 0) is 15.1 Å². The molecule has 3 heterocycles. The molecule has 0 saturated carbocycles. The van der Waals surface area contributed by atoms with Crippen LogP contribution in [0.1, 0.15) is 56.5 Å². The van der Waals surface area contributed by atoms with Crippen LogP contribution in [0.15, 0.2) is 42.6 Å². The largest absolute Gasteiger partial charge is 0.444 e. The Labute approximate surface area is 170 Å². The quantitative estimate of drug-likeness (QED) is 0.669. The van der Waals surface area contributed by atoms with Gasteiger partial charge in [-0.2, -0.15) is 0 Å². The lowest BCUT2D eigenvalue weighted by atomic mass is 9.83. The summed E-state index contributed by atoms with van der Waals surface area (Å²) in [7, 11) is 0. The van der Waals surface area contributed by atoms with Gasteiger partial charge in [0.2, 0.25) is 0 Å². The van der Waals surface area contributed by atoms with E-state index in [4.69, 9.17) is 21.1 Å². The van der Waals surface area contributed by atoms with Crippen LogP contribution in [0.3, 0.4) is 0 Å². The van der Waals surface area contributed by atoms with E-state index < -0.39 is 11.2 Å². The number of rotatable bonds is 1. The Kier molecular flexibility index (Phi) is 4.84. The highest BCUT2D eigenvalue weighted by Gasteiger charge is 2.48. The van der Waals surface area contributed by atoms with Gasteiger partial charge in [0.1, 0.15) is 11.7 Å². The first-order valence-electron chi connectivity index (χ1n) is 9.64. The zero-order valence-electron chi connectivity index (χ0n) is 16.4. The zero-order valence-corrected chi connectivity index (χ0v) is 17.2. The van der Waals surface area contributed by atoms with Crippen molar-refractivity contribution in [2.75, 3.05) is 13.1 Å². The van der Waals surface area contributed by atoms with Gasteiger partial charge in [0, 0.05) is 24.3 Å². The summed E-state index contributed by atoms with van der Waals surface area (Å²) in [6, 6.07) is 11.9. The number of ether oxygens (including phenoxy) is 2. The molecule has 1 fully saturated rings. The van der Waals surface area contributed by atoms with E-state index in [1.165, 1.54) is 5.56 Å². The molecule has 2 aliphatic rings. The lowest BCUT2D eigenvalue weighted by Gasteiger charge is -2.40. The van der Waals surface area contributed by atoms with Crippen LogP contribution >= 0.6 is 11.6 Å². The second-order valence-corrected chi connectivity index (χ2v) is 8.88. The summed E-state index contributed by atoms with van der Waals surface area (Å²) in [5.41, 5.74) is 2.22. The number of amides is 1. The van der Waals surface area contributed by atoms with Crippen LogP contribution in [0.5, 0.6) is 0 Å². The second kappa shape index (κ2) is 7.05. The average molecular weight is 401 g/mol. The number of carbonyl (C=O) groups is 1. The molecule has 1 aromatic carbocycles. The molecular weight excluding hydrogens is 376 g/mol. The summed E-state index contributed by atoms with van der Waals surface area (Å²) in [5.74, 6) is 0. The summed E-state index contributed by atoms with van der Waals surface area (Å²) in [5, 5.41) is 0.645. The number of hydrogen-bond donors (Lipinski definition) is 0. The van der Waals surface area contributed by atoms with E-state index in [-0.39, 0.29) is 12.2 Å². The normalized spacial score (nSPS) is 20.9. The highest BCUT2D eigenvalue weighted by atomic mass is 35.5. The van der Waals surface area contributed by atoms with Crippen molar-refractivity contribution in [3.63, 3.8) is 0 Å². The van der Waals surface area contributed by atoms with Gasteiger partial charge in [0.25, 0.3) is 0 Å². The number of fused-ring (bicyclic) bond motifs is 2. The number of halogens is 1. The minimum Gasteiger partial charge on any atom is -0.444 e. The Balaban J connectivity index is 1.57. The molecule has 1 saturated heterocycles. The molecule has 1 spiro atoms. The number of likely N-dealkylation sites (tertiary alicyclic amines) is 1. The number of piperidine rings is 1. The van der Waals surface area contributed by atoms with Gasteiger partial charge < -0.3 is 14.4 Å². The van der Waals surface area contributed by atoms with Crippen molar-refractivity contribution in [2.45, 2.75) is 50.9 Å². The molecule has 0 bridgehead atoms. The fraction of sp³-hybridized carbons (Fsp3) is 0.455. The maximum Gasteiger partial charge on any atom is 0.410 e. The van der Waals surface area contributed by atoms with Gasteiger partial charge in [-0.25, -0.2) is 4.79 Å². The van der Waals surface area contributed by atoms with Crippen molar-refractivity contribution in [1.82, 2.24) is 9.88 Å². The number of aromatic nitrogens is 1. The molecule has 2 aliphatic heterocycles. The summed E-state index contributed by atoms with van der Waals surface area (Å²) in [4.78, 5) is 18.7. The lowest BCUT2D eigenvalue weighted by molar-refractivity contribution is -0.0977. The fourth-order valence-corrected chi connectivity index (χ4v) is 4.21. The molecule has 2 aromatic rings. The zero-order chi connectivity index (χ0) is 19.9. The monoisotopic (exact) mass is 400 g/mol. The van der Waals surface area contributed by atoms with E-state index in [0.717, 1.165) is 24.1 Å². The van der Waals surface area contributed by atoms with Gasteiger partial charge in [0.15, 0.2) is 0 Å². The minimum absolute atomic E-state index is 0.247. The average Bonchev–Trinajstić information content (AvgIpc) is 2.96. The topological polar surface area (TPSA) is 51.7 Å². The summed E-state index contributed by atoms with van der Waals surface area (Å²) in [6.07, 6.45) is 2.64. The van der Waals surface area contributed by atoms with E-state index >= 15 is 0 Å². The lowest BCUT2D eigenvalue weighted by Crippen LogP contribution is -2.46. The highest BCUT2D eigenvalue weighted by Crippen LogP contribution is 2.51. The van der Waals surface area contributed by atoms with Crippen LogP contribution in [0.4, 0.5) is 4.79 Å². The van der Waals surface area contributed by atoms with E-state index in [2.05, 4.69) is 17.1 Å². The SMILES string of the molecule is CC(C)(C)OC(=O)N1CCC2(CC1)OC(c1cc(Cl)ccn1)c1ccccc12. The van der Waals surface area contributed by atoms with Crippen molar-refractivity contribution in [3.8, 4) is 0 Å². The summed E-state index contributed by atoms with van der Waals surface area (Å²) < 4.78 is 12.2. The molecule has 1 unspecified atom stereocenters. The third kappa shape index (κ3) is 3.61. The summed E-state index contributed by atoms with van der Waals surface area (Å²) in [6.45, 7) is 6.84. The Hall–Kier alpha value is -2.11. The van der Waals surface area contributed by atoms with Crippen molar-refractivity contribution < 1.29 is 14.3 Å². The smallest absolute Gasteiger partial charge is 0.410 e. The van der Waals surface area contributed by atoms with Crippen LogP contribution in [0.25, 0.3) is 0 Å².